The van der Waals surface area contributed by atoms with Gasteiger partial charge in [0.05, 0.1) is 17.6 Å². The van der Waals surface area contributed by atoms with Crippen LogP contribution in [0.15, 0.2) is 48.5 Å². The van der Waals surface area contributed by atoms with Gasteiger partial charge in [0.1, 0.15) is 30.9 Å². The normalized spacial score (nSPS) is 12.5. The predicted molar refractivity (Wildman–Crippen MR) is 88.3 cm³/mol. The molecule has 5 heteroatoms. The maximum absolute atomic E-state index is 10.3. The van der Waals surface area contributed by atoms with Crippen LogP contribution >= 0.6 is 0 Å². The van der Waals surface area contributed by atoms with Crippen LogP contribution < -0.4 is 4.74 Å². The van der Waals surface area contributed by atoms with Gasteiger partial charge < -0.3 is 19.5 Å². The monoisotopic (exact) mass is 312 g/mol. The Bertz CT molecular complexity index is 798. The van der Waals surface area contributed by atoms with E-state index in [4.69, 9.17) is 4.74 Å². The SMILES string of the molecule is Cc1cccc(OC[C@H](O)Cn2c(CO)nc3ccccc32)c1. The molecule has 23 heavy (non-hydrogen) atoms. The van der Waals surface area contributed by atoms with Gasteiger partial charge in [0.25, 0.3) is 0 Å². The maximum atomic E-state index is 10.3. The molecule has 0 amide bonds. The average Bonchev–Trinajstić information content (AvgIpc) is 2.91. The number of aliphatic hydroxyl groups is 2. The fourth-order valence-electron chi connectivity index (χ4n) is 2.61. The van der Waals surface area contributed by atoms with E-state index in [-0.39, 0.29) is 13.2 Å². The second kappa shape index (κ2) is 6.81. The minimum atomic E-state index is -0.696. The van der Waals surface area contributed by atoms with Crippen LogP contribution in [0.25, 0.3) is 11.0 Å². The van der Waals surface area contributed by atoms with Crippen molar-refractivity contribution in [3.8, 4) is 5.75 Å². The number of aliphatic hydroxyl groups excluding tert-OH is 2. The molecule has 0 aliphatic rings. The Kier molecular flexibility index (Phi) is 4.60. The number of ether oxygens (including phenoxy) is 1. The quantitative estimate of drug-likeness (QED) is 0.733. The largest absolute Gasteiger partial charge is 0.491 e. The molecule has 0 aliphatic heterocycles. The van der Waals surface area contributed by atoms with Gasteiger partial charge in [-0.15, -0.1) is 0 Å². The number of nitrogens with zero attached hydrogens (tertiary/aromatic N) is 2. The molecule has 1 atom stereocenters. The van der Waals surface area contributed by atoms with E-state index in [2.05, 4.69) is 4.98 Å². The van der Waals surface area contributed by atoms with E-state index < -0.39 is 6.10 Å². The molecular weight excluding hydrogens is 292 g/mol. The molecule has 0 aliphatic carbocycles. The van der Waals surface area contributed by atoms with Crippen molar-refractivity contribution >= 4 is 11.0 Å². The van der Waals surface area contributed by atoms with E-state index >= 15 is 0 Å². The summed E-state index contributed by atoms with van der Waals surface area (Å²) in [5.74, 6) is 1.28. The maximum Gasteiger partial charge on any atom is 0.135 e. The van der Waals surface area contributed by atoms with Crippen LogP contribution in [-0.2, 0) is 13.2 Å². The zero-order valence-corrected chi connectivity index (χ0v) is 13.0. The molecule has 0 saturated carbocycles. The number of hydrogen-bond donors (Lipinski definition) is 2. The standard InChI is InChI=1S/C18H20N2O3/c1-13-5-4-6-15(9-13)23-12-14(22)10-20-17-8-3-2-7-16(17)19-18(20)11-21/h2-9,14,21-22H,10-12H2,1H3/t14-/m1/s1. The molecule has 0 unspecified atom stereocenters. The summed E-state index contributed by atoms with van der Waals surface area (Å²) < 4.78 is 7.47. The molecule has 0 bridgehead atoms. The van der Waals surface area contributed by atoms with Crippen molar-refractivity contribution in [3.05, 3.63) is 59.9 Å². The molecule has 3 aromatic rings. The highest BCUT2D eigenvalue weighted by atomic mass is 16.5. The minimum Gasteiger partial charge on any atom is -0.491 e. The van der Waals surface area contributed by atoms with Crippen LogP contribution in [0.5, 0.6) is 5.75 Å². The van der Waals surface area contributed by atoms with Gasteiger partial charge in [-0.2, -0.15) is 0 Å². The highest BCUT2D eigenvalue weighted by Crippen LogP contribution is 2.17. The fraction of sp³-hybridized carbons (Fsp3) is 0.278. The third-order valence-electron chi connectivity index (χ3n) is 3.70. The lowest BCUT2D eigenvalue weighted by molar-refractivity contribution is 0.0914. The van der Waals surface area contributed by atoms with Crippen LogP contribution in [0.2, 0.25) is 0 Å². The third kappa shape index (κ3) is 3.52. The molecule has 0 spiro atoms. The Hall–Kier alpha value is -2.37. The van der Waals surface area contributed by atoms with E-state index in [0.29, 0.717) is 12.4 Å². The van der Waals surface area contributed by atoms with Crippen molar-refractivity contribution in [3.63, 3.8) is 0 Å². The van der Waals surface area contributed by atoms with Crippen molar-refractivity contribution in [2.24, 2.45) is 0 Å². The van der Waals surface area contributed by atoms with Gasteiger partial charge in [-0.3, -0.25) is 0 Å². The first-order valence-electron chi connectivity index (χ1n) is 7.60. The molecule has 120 valence electrons. The van der Waals surface area contributed by atoms with Crippen LogP contribution in [0.4, 0.5) is 0 Å². The number of aromatic nitrogens is 2. The van der Waals surface area contributed by atoms with E-state index in [1.54, 1.807) is 0 Å². The number of benzene rings is 2. The smallest absolute Gasteiger partial charge is 0.135 e. The number of rotatable bonds is 6. The summed E-state index contributed by atoms with van der Waals surface area (Å²) >= 11 is 0. The van der Waals surface area contributed by atoms with Crippen LogP contribution in [0.3, 0.4) is 0 Å². The number of para-hydroxylation sites is 2. The highest BCUT2D eigenvalue weighted by Gasteiger charge is 2.14. The number of aryl methyl sites for hydroxylation is 1. The van der Waals surface area contributed by atoms with Crippen LogP contribution in [0.1, 0.15) is 11.4 Å². The Morgan fingerprint density at radius 3 is 2.78 bits per heavy atom. The van der Waals surface area contributed by atoms with Crippen LogP contribution in [-0.4, -0.2) is 32.5 Å². The Labute approximate surface area is 134 Å². The first-order valence-corrected chi connectivity index (χ1v) is 7.60. The van der Waals surface area contributed by atoms with Gasteiger partial charge in [-0.1, -0.05) is 24.3 Å². The van der Waals surface area contributed by atoms with Crippen molar-refractivity contribution in [2.45, 2.75) is 26.2 Å². The van der Waals surface area contributed by atoms with Crippen molar-refractivity contribution in [2.75, 3.05) is 6.61 Å². The van der Waals surface area contributed by atoms with Crippen molar-refractivity contribution in [1.82, 2.24) is 9.55 Å². The van der Waals surface area contributed by atoms with E-state index in [0.717, 1.165) is 22.3 Å². The van der Waals surface area contributed by atoms with Gasteiger partial charge in [0, 0.05) is 0 Å². The zero-order valence-electron chi connectivity index (χ0n) is 13.0. The van der Waals surface area contributed by atoms with Gasteiger partial charge in [0.2, 0.25) is 0 Å². The molecule has 1 heterocycles. The van der Waals surface area contributed by atoms with Gasteiger partial charge in [0.15, 0.2) is 0 Å². The lowest BCUT2D eigenvalue weighted by atomic mass is 10.2. The summed E-state index contributed by atoms with van der Waals surface area (Å²) in [5.41, 5.74) is 2.81. The predicted octanol–water partition coefficient (Wildman–Crippen LogP) is 2.28. The molecule has 2 N–H and O–H groups in total. The molecule has 0 fully saturated rings. The van der Waals surface area contributed by atoms with E-state index in [9.17, 15) is 10.2 Å². The number of hydrogen-bond acceptors (Lipinski definition) is 4. The summed E-state index contributed by atoms with van der Waals surface area (Å²) in [6.45, 7) is 2.33. The molecule has 5 nitrogen and oxygen atoms in total. The number of fused-ring (bicyclic) bond motifs is 1. The Morgan fingerprint density at radius 2 is 2.00 bits per heavy atom. The second-order valence-electron chi connectivity index (χ2n) is 5.57. The Balaban J connectivity index is 1.71. The molecule has 3 rings (SSSR count). The van der Waals surface area contributed by atoms with E-state index in [1.165, 1.54) is 0 Å². The first kappa shape index (κ1) is 15.5. The van der Waals surface area contributed by atoms with Gasteiger partial charge in [-0.05, 0) is 36.8 Å². The first-order chi connectivity index (χ1) is 11.2. The van der Waals surface area contributed by atoms with Gasteiger partial charge in [-0.25, -0.2) is 4.98 Å². The zero-order chi connectivity index (χ0) is 16.2. The minimum absolute atomic E-state index is 0.167. The number of imidazole rings is 1. The van der Waals surface area contributed by atoms with Crippen molar-refractivity contribution in [1.29, 1.82) is 0 Å². The second-order valence-corrected chi connectivity index (χ2v) is 5.57. The lowest BCUT2D eigenvalue weighted by Gasteiger charge is -2.15. The molecule has 1 aromatic heterocycles. The molecule has 0 saturated heterocycles. The summed E-state index contributed by atoms with van der Waals surface area (Å²) in [4.78, 5) is 4.38. The summed E-state index contributed by atoms with van der Waals surface area (Å²) in [6.07, 6.45) is -0.696. The topological polar surface area (TPSA) is 67.5 Å². The molecule has 0 radical (unpaired) electrons. The average molecular weight is 312 g/mol. The summed E-state index contributed by atoms with van der Waals surface area (Å²) in [7, 11) is 0. The molecular formula is C18H20N2O3. The molecule has 2 aromatic carbocycles. The summed E-state index contributed by atoms with van der Waals surface area (Å²) in [5, 5.41) is 19.8. The van der Waals surface area contributed by atoms with E-state index in [1.807, 2.05) is 60.0 Å². The van der Waals surface area contributed by atoms with Crippen molar-refractivity contribution < 1.29 is 14.9 Å². The lowest BCUT2D eigenvalue weighted by Crippen LogP contribution is -2.24. The fourth-order valence-corrected chi connectivity index (χ4v) is 2.61. The Morgan fingerprint density at radius 1 is 1.17 bits per heavy atom. The summed E-state index contributed by atoms with van der Waals surface area (Å²) in [6, 6.07) is 15.3. The van der Waals surface area contributed by atoms with Crippen LogP contribution in [0, 0.1) is 6.92 Å². The third-order valence-corrected chi connectivity index (χ3v) is 3.70. The van der Waals surface area contributed by atoms with Gasteiger partial charge >= 0.3 is 0 Å². The highest BCUT2D eigenvalue weighted by molar-refractivity contribution is 5.75.